The maximum Gasteiger partial charge on any atom is 0.242 e. The zero-order valence-electron chi connectivity index (χ0n) is 11.2. The maximum atomic E-state index is 12.2. The fraction of sp³-hybridized carbons (Fsp3) is 0.500. The summed E-state index contributed by atoms with van der Waals surface area (Å²) >= 11 is 1.80. The van der Waals surface area contributed by atoms with Gasteiger partial charge in [0.25, 0.3) is 0 Å². The first-order valence-electron chi connectivity index (χ1n) is 6.17. The molecule has 1 unspecified atom stereocenters. The number of hydrazine groups is 1. The first-order valence-corrected chi connectivity index (χ1v) is 8.80. The van der Waals surface area contributed by atoms with Gasteiger partial charge in [-0.1, -0.05) is 19.1 Å². The van der Waals surface area contributed by atoms with E-state index in [-0.39, 0.29) is 10.9 Å². The highest BCUT2D eigenvalue weighted by Gasteiger charge is 2.20. The van der Waals surface area contributed by atoms with E-state index in [9.17, 15) is 8.42 Å². The molecule has 0 aliphatic carbocycles. The Kier molecular flexibility index (Phi) is 6.64. The van der Waals surface area contributed by atoms with Gasteiger partial charge in [0.15, 0.2) is 0 Å². The summed E-state index contributed by atoms with van der Waals surface area (Å²) in [5.74, 6) is 7.31. The molecule has 0 saturated heterocycles. The highest BCUT2D eigenvalue weighted by atomic mass is 32.2. The summed E-state index contributed by atoms with van der Waals surface area (Å²) < 4.78 is 27.2. The standard InChI is InChI=1S/C12H21N3O2S2/c1-3-18-9-8-10(2)15-19(16,17)12-7-5-4-6-11(12)14-13/h4-7,10,14-15H,3,8-9,13H2,1-2H3. The normalized spacial score (nSPS) is 13.2. The minimum Gasteiger partial charge on any atom is -0.323 e. The molecular formula is C12H21N3O2S2. The van der Waals surface area contributed by atoms with Crippen LogP contribution in [-0.4, -0.2) is 26.0 Å². The second kappa shape index (κ2) is 7.74. The number of nitrogen functional groups attached to an aromatic ring is 1. The molecule has 0 saturated carbocycles. The molecule has 0 aliphatic heterocycles. The van der Waals surface area contributed by atoms with E-state index in [1.165, 1.54) is 6.07 Å². The maximum absolute atomic E-state index is 12.2. The van der Waals surface area contributed by atoms with Crippen LogP contribution in [0.4, 0.5) is 5.69 Å². The van der Waals surface area contributed by atoms with Crippen LogP contribution in [0.5, 0.6) is 0 Å². The molecule has 0 aliphatic rings. The van der Waals surface area contributed by atoms with Gasteiger partial charge in [0.05, 0.1) is 5.69 Å². The first-order chi connectivity index (χ1) is 9.01. The van der Waals surface area contributed by atoms with Crippen LogP contribution in [-0.2, 0) is 10.0 Å². The van der Waals surface area contributed by atoms with E-state index in [4.69, 9.17) is 5.84 Å². The number of para-hydroxylation sites is 1. The lowest BCUT2D eigenvalue weighted by Gasteiger charge is -2.15. The molecule has 108 valence electrons. The average molecular weight is 303 g/mol. The van der Waals surface area contributed by atoms with E-state index in [1.54, 1.807) is 30.0 Å². The minimum atomic E-state index is -3.54. The van der Waals surface area contributed by atoms with Gasteiger partial charge in [-0.2, -0.15) is 11.8 Å². The van der Waals surface area contributed by atoms with Gasteiger partial charge in [-0.15, -0.1) is 0 Å². The number of benzene rings is 1. The van der Waals surface area contributed by atoms with Crippen molar-refractivity contribution in [1.82, 2.24) is 4.72 Å². The molecule has 0 aromatic heterocycles. The van der Waals surface area contributed by atoms with Gasteiger partial charge < -0.3 is 5.43 Å². The van der Waals surface area contributed by atoms with Crippen LogP contribution < -0.4 is 16.0 Å². The summed E-state index contributed by atoms with van der Waals surface area (Å²) in [5.41, 5.74) is 2.80. The van der Waals surface area contributed by atoms with E-state index >= 15 is 0 Å². The third-order valence-corrected chi connectivity index (χ3v) is 5.17. The van der Waals surface area contributed by atoms with Crippen LogP contribution in [0.15, 0.2) is 29.2 Å². The third-order valence-electron chi connectivity index (χ3n) is 2.59. The Hall–Kier alpha value is -0.760. The molecular weight excluding hydrogens is 282 g/mol. The second-order valence-corrected chi connectivity index (χ2v) is 7.22. The summed E-state index contributed by atoms with van der Waals surface area (Å²) in [5, 5.41) is 0. The Morgan fingerprint density at radius 2 is 2.05 bits per heavy atom. The number of rotatable bonds is 8. The van der Waals surface area contributed by atoms with Gasteiger partial charge in [0, 0.05) is 6.04 Å². The van der Waals surface area contributed by atoms with Gasteiger partial charge in [-0.05, 0) is 37.0 Å². The Bertz CT molecular complexity index is 492. The van der Waals surface area contributed by atoms with Crippen molar-refractivity contribution in [2.24, 2.45) is 5.84 Å². The highest BCUT2D eigenvalue weighted by molar-refractivity contribution is 7.99. The van der Waals surface area contributed by atoms with E-state index < -0.39 is 10.0 Å². The first kappa shape index (κ1) is 16.3. The monoisotopic (exact) mass is 303 g/mol. The molecule has 1 aromatic carbocycles. The molecule has 1 rings (SSSR count). The second-order valence-electron chi connectivity index (χ2n) is 4.15. The number of hydrogen-bond acceptors (Lipinski definition) is 5. The topological polar surface area (TPSA) is 84.2 Å². The molecule has 0 heterocycles. The summed E-state index contributed by atoms with van der Waals surface area (Å²) in [6, 6.07) is 6.47. The number of anilines is 1. The summed E-state index contributed by atoms with van der Waals surface area (Å²) in [4.78, 5) is 0.174. The molecule has 5 nitrogen and oxygen atoms in total. The van der Waals surface area contributed by atoms with Crippen LogP contribution in [0.25, 0.3) is 0 Å². The Morgan fingerprint density at radius 3 is 2.68 bits per heavy atom. The molecule has 7 heteroatoms. The minimum absolute atomic E-state index is 0.102. The largest absolute Gasteiger partial charge is 0.323 e. The summed E-state index contributed by atoms with van der Waals surface area (Å²) in [7, 11) is -3.54. The number of nitrogens with one attached hydrogen (secondary N) is 2. The lowest BCUT2D eigenvalue weighted by Crippen LogP contribution is -2.33. The predicted molar refractivity (Wildman–Crippen MR) is 81.7 cm³/mol. The Labute approximate surface area is 119 Å². The number of hydrogen-bond donors (Lipinski definition) is 3. The quantitative estimate of drug-likeness (QED) is 0.387. The zero-order chi connectivity index (χ0) is 14.3. The third kappa shape index (κ3) is 5.02. The van der Waals surface area contributed by atoms with Crippen molar-refractivity contribution in [3.05, 3.63) is 24.3 Å². The lowest BCUT2D eigenvalue weighted by molar-refractivity contribution is 0.557. The number of sulfonamides is 1. The summed E-state index contributed by atoms with van der Waals surface area (Å²) in [6.07, 6.45) is 0.802. The van der Waals surface area contributed by atoms with Gasteiger partial charge in [0.2, 0.25) is 10.0 Å². The van der Waals surface area contributed by atoms with Gasteiger partial charge in [-0.25, -0.2) is 13.1 Å². The molecule has 19 heavy (non-hydrogen) atoms. The van der Waals surface area contributed by atoms with Crippen molar-refractivity contribution >= 4 is 27.5 Å². The predicted octanol–water partition coefficient (Wildman–Crippen LogP) is 1.78. The van der Waals surface area contributed by atoms with Crippen LogP contribution in [0.2, 0.25) is 0 Å². The van der Waals surface area contributed by atoms with Gasteiger partial charge in [0.1, 0.15) is 4.90 Å². The molecule has 1 aromatic rings. The molecule has 0 spiro atoms. The van der Waals surface area contributed by atoms with Crippen molar-refractivity contribution in [2.75, 3.05) is 16.9 Å². The number of nitrogens with two attached hydrogens (primary N) is 1. The molecule has 0 bridgehead atoms. The van der Waals surface area contributed by atoms with Crippen molar-refractivity contribution in [1.29, 1.82) is 0 Å². The average Bonchev–Trinajstić information content (AvgIpc) is 2.38. The highest BCUT2D eigenvalue weighted by Crippen LogP contribution is 2.20. The number of thioether (sulfide) groups is 1. The molecule has 0 fully saturated rings. The lowest BCUT2D eigenvalue weighted by atomic mass is 10.3. The van der Waals surface area contributed by atoms with E-state index in [0.717, 1.165) is 17.9 Å². The SMILES string of the molecule is CCSCCC(C)NS(=O)(=O)c1ccccc1NN. The van der Waals surface area contributed by atoms with Crippen LogP contribution in [0.1, 0.15) is 20.3 Å². The van der Waals surface area contributed by atoms with Gasteiger partial charge >= 0.3 is 0 Å². The molecule has 0 amide bonds. The molecule has 0 radical (unpaired) electrons. The molecule has 1 atom stereocenters. The Morgan fingerprint density at radius 1 is 1.37 bits per heavy atom. The van der Waals surface area contributed by atoms with E-state index in [2.05, 4.69) is 17.1 Å². The van der Waals surface area contributed by atoms with Crippen molar-refractivity contribution in [2.45, 2.75) is 31.2 Å². The van der Waals surface area contributed by atoms with E-state index in [0.29, 0.717) is 5.69 Å². The van der Waals surface area contributed by atoms with Crippen LogP contribution in [0, 0.1) is 0 Å². The van der Waals surface area contributed by atoms with Gasteiger partial charge in [-0.3, -0.25) is 5.84 Å². The molecule has 4 N–H and O–H groups in total. The fourth-order valence-corrected chi connectivity index (χ4v) is 3.87. The van der Waals surface area contributed by atoms with Crippen molar-refractivity contribution < 1.29 is 8.42 Å². The summed E-state index contributed by atoms with van der Waals surface area (Å²) in [6.45, 7) is 3.95. The zero-order valence-corrected chi connectivity index (χ0v) is 12.9. The van der Waals surface area contributed by atoms with Crippen LogP contribution >= 0.6 is 11.8 Å². The van der Waals surface area contributed by atoms with Crippen molar-refractivity contribution in [3.8, 4) is 0 Å². The van der Waals surface area contributed by atoms with E-state index in [1.807, 2.05) is 6.92 Å². The Balaban J connectivity index is 2.75. The van der Waals surface area contributed by atoms with Crippen LogP contribution in [0.3, 0.4) is 0 Å². The fourth-order valence-electron chi connectivity index (χ4n) is 1.61. The van der Waals surface area contributed by atoms with Crippen molar-refractivity contribution in [3.63, 3.8) is 0 Å². The smallest absolute Gasteiger partial charge is 0.242 e.